The van der Waals surface area contributed by atoms with Crippen LogP contribution < -0.4 is 5.32 Å². The van der Waals surface area contributed by atoms with Crippen molar-refractivity contribution in [1.29, 1.82) is 0 Å². The molecule has 0 saturated heterocycles. The summed E-state index contributed by atoms with van der Waals surface area (Å²) in [5.41, 5.74) is 0.267. The molecule has 2 rings (SSSR count). The second-order valence-corrected chi connectivity index (χ2v) is 9.73. The smallest absolute Gasteiger partial charge is 0.153 e. The van der Waals surface area contributed by atoms with Crippen LogP contribution in [0.25, 0.3) is 0 Å². The molecule has 2 saturated carbocycles. The summed E-state index contributed by atoms with van der Waals surface area (Å²) in [6, 6.07) is 0.419. The summed E-state index contributed by atoms with van der Waals surface area (Å²) in [7, 11) is -3.03. The van der Waals surface area contributed by atoms with Gasteiger partial charge in [-0.05, 0) is 40.0 Å². The van der Waals surface area contributed by atoms with E-state index in [1.165, 1.54) is 31.9 Å². The minimum Gasteiger partial charge on any atom is -0.378 e. The molecule has 20 heavy (non-hydrogen) atoms. The highest BCUT2D eigenvalue weighted by Crippen LogP contribution is 2.54. The van der Waals surface area contributed by atoms with Gasteiger partial charge in [-0.25, -0.2) is 8.42 Å². The summed E-state index contributed by atoms with van der Waals surface area (Å²) in [6.07, 6.45) is 7.70. The summed E-state index contributed by atoms with van der Waals surface area (Å²) in [4.78, 5) is 0. The molecule has 2 aliphatic carbocycles. The maximum atomic E-state index is 11.8. The molecule has 2 unspecified atom stereocenters. The minimum atomic E-state index is -3.03. The van der Waals surface area contributed by atoms with Gasteiger partial charge in [0.2, 0.25) is 0 Å². The Bertz CT molecular complexity index is 438. The number of rotatable bonds is 6. The van der Waals surface area contributed by atoms with E-state index in [0.29, 0.717) is 18.7 Å². The lowest BCUT2D eigenvalue weighted by Crippen LogP contribution is -2.64. The molecule has 0 heterocycles. The van der Waals surface area contributed by atoms with Crippen molar-refractivity contribution in [3.05, 3.63) is 0 Å². The van der Waals surface area contributed by atoms with Crippen molar-refractivity contribution in [2.24, 2.45) is 5.41 Å². The zero-order valence-electron chi connectivity index (χ0n) is 13.2. The molecule has 1 N–H and O–H groups in total. The zero-order chi connectivity index (χ0) is 15.0. The molecule has 1 spiro atoms. The Morgan fingerprint density at radius 3 is 2.40 bits per heavy atom. The molecule has 118 valence electrons. The van der Waals surface area contributed by atoms with Crippen molar-refractivity contribution >= 4 is 9.84 Å². The van der Waals surface area contributed by atoms with E-state index in [2.05, 4.69) is 12.2 Å². The first-order valence-corrected chi connectivity index (χ1v) is 9.67. The van der Waals surface area contributed by atoms with Gasteiger partial charge in [0, 0.05) is 30.9 Å². The minimum absolute atomic E-state index is 0.267. The summed E-state index contributed by atoms with van der Waals surface area (Å²) >= 11 is 0. The topological polar surface area (TPSA) is 55.4 Å². The first-order valence-electron chi connectivity index (χ1n) is 7.77. The van der Waals surface area contributed by atoms with Crippen molar-refractivity contribution in [2.45, 2.75) is 69.8 Å². The van der Waals surface area contributed by atoms with Crippen molar-refractivity contribution in [3.63, 3.8) is 0 Å². The van der Waals surface area contributed by atoms with Gasteiger partial charge in [0.05, 0.1) is 10.9 Å². The average molecular weight is 303 g/mol. The monoisotopic (exact) mass is 303 g/mol. The number of ether oxygens (including phenoxy) is 1. The number of hydrogen-bond acceptors (Lipinski definition) is 4. The maximum absolute atomic E-state index is 11.8. The van der Waals surface area contributed by atoms with E-state index in [1.54, 1.807) is 13.8 Å². The van der Waals surface area contributed by atoms with Crippen LogP contribution >= 0.6 is 0 Å². The second-order valence-electron chi connectivity index (χ2n) is 7.09. The molecular formula is C15H29NO3S. The molecule has 0 radical (unpaired) electrons. The van der Waals surface area contributed by atoms with Gasteiger partial charge in [-0.2, -0.15) is 0 Å². The third kappa shape index (κ3) is 2.77. The predicted octanol–water partition coefficient (Wildman–Crippen LogP) is 2.14. The van der Waals surface area contributed by atoms with Crippen molar-refractivity contribution in [3.8, 4) is 0 Å². The standard InChI is InChI=1S/C15H29NO3S/c1-5-19-13-10-12(15(13)8-6-7-9-15)16-11-14(2,3)20(4,17)18/h12-13,16H,5-11H2,1-4H3. The van der Waals surface area contributed by atoms with Crippen LogP contribution in [0.4, 0.5) is 0 Å². The van der Waals surface area contributed by atoms with Crippen LogP contribution in [0, 0.1) is 5.41 Å². The largest absolute Gasteiger partial charge is 0.378 e. The van der Waals surface area contributed by atoms with Crippen LogP contribution in [-0.4, -0.2) is 44.7 Å². The Hall–Kier alpha value is -0.130. The highest BCUT2D eigenvalue weighted by molar-refractivity contribution is 7.92. The van der Waals surface area contributed by atoms with E-state index >= 15 is 0 Å². The maximum Gasteiger partial charge on any atom is 0.153 e. The molecular weight excluding hydrogens is 274 g/mol. The van der Waals surface area contributed by atoms with Crippen molar-refractivity contribution < 1.29 is 13.2 Å². The Morgan fingerprint density at radius 1 is 1.30 bits per heavy atom. The predicted molar refractivity (Wildman–Crippen MR) is 81.6 cm³/mol. The third-order valence-corrected chi connectivity index (χ3v) is 7.62. The van der Waals surface area contributed by atoms with Crippen LogP contribution in [0.15, 0.2) is 0 Å². The Kier molecular flexibility index (Phi) is 4.53. The SMILES string of the molecule is CCOC1CC(NCC(C)(C)S(C)(=O)=O)C12CCCC2. The highest BCUT2D eigenvalue weighted by atomic mass is 32.2. The van der Waals surface area contributed by atoms with Crippen LogP contribution in [0.2, 0.25) is 0 Å². The van der Waals surface area contributed by atoms with Gasteiger partial charge < -0.3 is 10.1 Å². The molecule has 2 aliphatic rings. The first-order chi connectivity index (χ1) is 9.23. The van der Waals surface area contributed by atoms with E-state index in [1.807, 2.05) is 0 Å². The van der Waals surface area contributed by atoms with E-state index in [9.17, 15) is 8.42 Å². The molecule has 2 atom stereocenters. The fraction of sp³-hybridized carbons (Fsp3) is 1.00. The number of nitrogens with one attached hydrogen (secondary N) is 1. The van der Waals surface area contributed by atoms with Gasteiger partial charge >= 0.3 is 0 Å². The summed E-state index contributed by atoms with van der Waals surface area (Å²) in [5, 5.41) is 3.53. The molecule has 5 heteroatoms. The molecule has 0 aromatic rings. The third-order valence-electron chi connectivity index (χ3n) is 5.47. The van der Waals surface area contributed by atoms with E-state index < -0.39 is 14.6 Å². The van der Waals surface area contributed by atoms with Crippen molar-refractivity contribution in [1.82, 2.24) is 5.32 Å². The normalized spacial score (nSPS) is 29.6. The molecule has 2 fully saturated rings. The molecule has 0 aliphatic heterocycles. The molecule has 4 nitrogen and oxygen atoms in total. The highest BCUT2D eigenvalue weighted by Gasteiger charge is 2.56. The van der Waals surface area contributed by atoms with Crippen LogP contribution in [0.3, 0.4) is 0 Å². The summed E-state index contributed by atoms with van der Waals surface area (Å²) in [5.74, 6) is 0. The number of sulfone groups is 1. The molecule has 0 bridgehead atoms. The Balaban J connectivity index is 1.97. The fourth-order valence-corrected chi connectivity index (χ4v) is 4.02. The van der Waals surface area contributed by atoms with Gasteiger partial charge in [0.1, 0.15) is 0 Å². The quantitative estimate of drug-likeness (QED) is 0.817. The Labute approximate surface area is 123 Å². The van der Waals surface area contributed by atoms with Gasteiger partial charge in [-0.1, -0.05) is 12.8 Å². The van der Waals surface area contributed by atoms with Gasteiger partial charge in [0.25, 0.3) is 0 Å². The molecule has 0 amide bonds. The lowest BCUT2D eigenvalue weighted by Gasteiger charge is -2.54. The lowest BCUT2D eigenvalue weighted by atomic mass is 9.60. The van der Waals surface area contributed by atoms with Crippen molar-refractivity contribution in [2.75, 3.05) is 19.4 Å². The first kappa shape index (κ1) is 16.2. The van der Waals surface area contributed by atoms with Crippen LogP contribution in [0.1, 0.15) is 52.9 Å². The van der Waals surface area contributed by atoms with Gasteiger partial charge in [-0.15, -0.1) is 0 Å². The van der Waals surface area contributed by atoms with E-state index in [4.69, 9.17) is 4.74 Å². The van der Waals surface area contributed by atoms with Gasteiger partial charge in [-0.3, -0.25) is 0 Å². The molecule has 0 aromatic heterocycles. The van der Waals surface area contributed by atoms with E-state index in [0.717, 1.165) is 13.0 Å². The summed E-state index contributed by atoms with van der Waals surface area (Å²) in [6.45, 7) is 6.95. The second kappa shape index (κ2) is 5.58. The van der Waals surface area contributed by atoms with Gasteiger partial charge in [0.15, 0.2) is 9.84 Å². The fourth-order valence-electron chi connectivity index (χ4n) is 3.67. The van der Waals surface area contributed by atoms with E-state index in [-0.39, 0.29) is 5.41 Å². The van der Waals surface area contributed by atoms with Crippen LogP contribution in [-0.2, 0) is 14.6 Å². The Morgan fingerprint density at radius 2 is 1.90 bits per heavy atom. The zero-order valence-corrected chi connectivity index (χ0v) is 14.1. The summed E-state index contributed by atoms with van der Waals surface area (Å²) < 4.78 is 28.8. The van der Waals surface area contributed by atoms with Crippen LogP contribution in [0.5, 0.6) is 0 Å². The lowest BCUT2D eigenvalue weighted by molar-refractivity contribution is -0.130. The number of hydrogen-bond donors (Lipinski definition) is 1. The molecule has 0 aromatic carbocycles. The average Bonchev–Trinajstić information content (AvgIpc) is 2.83.